The fourth-order valence-electron chi connectivity index (χ4n) is 2.00. The Labute approximate surface area is 104 Å². The van der Waals surface area contributed by atoms with Gasteiger partial charge in [0.25, 0.3) is 5.91 Å². The molecular weight excluding hydrogens is 238 g/mol. The van der Waals surface area contributed by atoms with Gasteiger partial charge in [-0.2, -0.15) is 0 Å². The smallest absolute Gasteiger partial charge is 0.306 e. The highest BCUT2D eigenvalue weighted by atomic mass is 16.5. The Morgan fingerprint density at radius 3 is 2.94 bits per heavy atom. The molecule has 1 unspecified atom stereocenters. The standard InChI is InChI=1S/C12H15NO5/c1-8-10(2-4-17-8)12(16)13-3-5-18-9(7-13)6-11(14)15/h2,4,9H,3,5-7H2,1H3,(H,14,15). The molecule has 2 rings (SSSR count). The fourth-order valence-corrected chi connectivity index (χ4v) is 2.00. The number of morpholine rings is 1. The number of aliphatic carboxylic acids is 1. The number of nitrogens with zero attached hydrogens (tertiary/aromatic N) is 1. The van der Waals surface area contributed by atoms with Crippen molar-refractivity contribution in [1.29, 1.82) is 0 Å². The number of carboxylic acids is 1. The molecule has 1 saturated heterocycles. The summed E-state index contributed by atoms with van der Waals surface area (Å²) in [4.78, 5) is 24.4. The molecule has 6 nitrogen and oxygen atoms in total. The van der Waals surface area contributed by atoms with Crippen molar-refractivity contribution in [3.63, 3.8) is 0 Å². The van der Waals surface area contributed by atoms with Crippen LogP contribution < -0.4 is 0 Å². The Morgan fingerprint density at radius 1 is 1.56 bits per heavy atom. The van der Waals surface area contributed by atoms with E-state index in [1.807, 2.05) is 0 Å². The number of hydrogen-bond donors (Lipinski definition) is 1. The second kappa shape index (κ2) is 5.22. The summed E-state index contributed by atoms with van der Waals surface area (Å²) in [5, 5.41) is 8.72. The maximum atomic E-state index is 12.2. The van der Waals surface area contributed by atoms with Gasteiger partial charge in [-0.3, -0.25) is 9.59 Å². The lowest BCUT2D eigenvalue weighted by molar-refractivity contribution is -0.141. The molecule has 0 aromatic carbocycles. The fraction of sp³-hybridized carbons (Fsp3) is 0.500. The second-order valence-electron chi connectivity index (χ2n) is 4.23. The van der Waals surface area contributed by atoms with Gasteiger partial charge in [-0.15, -0.1) is 0 Å². The van der Waals surface area contributed by atoms with E-state index in [0.717, 1.165) is 0 Å². The number of carbonyl (C=O) groups is 2. The number of carboxylic acid groups (broad SMARTS) is 1. The van der Waals surface area contributed by atoms with E-state index >= 15 is 0 Å². The van der Waals surface area contributed by atoms with Crippen molar-refractivity contribution in [2.75, 3.05) is 19.7 Å². The number of furan rings is 1. The van der Waals surface area contributed by atoms with Gasteiger partial charge < -0.3 is 19.2 Å². The highest BCUT2D eigenvalue weighted by Crippen LogP contribution is 2.16. The van der Waals surface area contributed by atoms with Gasteiger partial charge in [0.15, 0.2) is 0 Å². The van der Waals surface area contributed by atoms with Gasteiger partial charge in [-0.05, 0) is 13.0 Å². The van der Waals surface area contributed by atoms with E-state index in [0.29, 0.717) is 31.0 Å². The second-order valence-corrected chi connectivity index (χ2v) is 4.23. The summed E-state index contributed by atoms with van der Waals surface area (Å²) in [5.74, 6) is -0.491. The molecule has 1 fully saturated rings. The summed E-state index contributed by atoms with van der Waals surface area (Å²) in [6, 6.07) is 1.62. The minimum Gasteiger partial charge on any atom is -0.481 e. The molecule has 18 heavy (non-hydrogen) atoms. The van der Waals surface area contributed by atoms with E-state index in [4.69, 9.17) is 14.3 Å². The maximum absolute atomic E-state index is 12.2. The molecule has 1 aliphatic heterocycles. The maximum Gasteiger partial charge on any atom is 0.306 e. The highest BCUT2D eigenvalue weighted by Gasteiger charge is 2.27. The number of carbonyl (C=O) groups excluding carboxylic acids is 1. The van der Waals surface area contributed by atoms with Gasteiger partial charge in [0.2, 0.25) is 0 Å². The van der Waals surface area contributed by atoms with Gasteiger partial charge in [0, 0.05) is 13.1 Å². The predicted molar refractivity (Wildman–Crippen MR) is 61.3 cm³/mol. The first kappa shape index (κ1) is 12.6. The first-order valence-corrected chi connectivity index (χ1v) is 5.74. The Morgan fingerprint density at radius 2 is 2.33 bits per heavy atom. The third-order valence-corrected chi connectivity index (χ3v) is 2.92. The molecule has 1 aliphatic rings. The predicted octanol–water partition coefficient (Wildman–Crippen LogP) is 0.904. The lowest BCUT2D eigenvalue weighted by Gasteiger charge is -2.32. The van der Waals surface area contributed by atoms with Crippen molar-refractivity contribution >= 4 is 11.9 Å². The van der Waals surface area contributed by atoms with E-state index in [2.05, 4.69) is 0 Å². The van der Waals surface area contributed by atoms with Crippen LogP contribution in [0.5, 0.6) is 0 Å². The minimum atomic E-state index is -0.922. The molecular formula is C12H15NO5. The highest BCUT2D eigenvalue weighted by molar-refractivity contribution is 5.95. The quantitative estimate of drug-likeness (QED) is 0.865. The normalized spacial score (nSPS) is 19.8. The zero-order valence-corrected chi connectivity index (χ0v) is 10.1. The van der Waals surface area contributed by atoms with E-state index < -0.39 is 12.1 Å². The molecule has 1 atom stereocenters. The van der Waals surface area contributed by atoms with Gasteiger partial charge in [0.05, 0.1) is 31.0 Å². The minimum absolute atomic E-state index is 0.0891. The zero-order chi connectivity index (χ0) is 13.1. The summed E-state index contributed by atoms with van der Waals surface area (Å²) in [6.07, 6.45) is 0.943. The molecule has 1 aromatic heterocycles. The molecule has 0 saturated carbocycles. The van der Waals surface area contributed by atoms with Crippen molar-refractivity contribution in [3.8, 4) is 0 Å². The molecule has 0 bridgehead atoms. The van der Waals surface area contributed by atoms with Crippen molar-refractivity contribution in [2.24, 2.45) is 0 Å². The van der Waals surface area contributed by atoms with Crippen LogP contribution in [0.2, 0.25) is 0 Å². The molecule has 98 valence electrons. The molecule has 1 N–H and O–H groups in total. The molecule has 0 aliphatic carbocycles. The lowest BCUT2D eigenvalue weighted by Crippen LogP contribution is -2.46. The van der Waals surface area contributed by atoms with Crippen LogP contribution in [0.1, 0.15) is 22.5 Å². The molecule has 1 amide bonds. The van der Waals surface area contributed by atoms with Crippen LogP contribution in [-0.2, 0) is 9.53 Å². The van der Waals surface area contributed by atoms with Crippen LogP contribution in [0.15, 0.2) is 16.7 Å². The lowest BCUT2D eigenvalue weighted by atomic mass is 10.1. The van der Waals surface area contributed by atoms with Crippen LogP contribution in [0, 0.1) is 6.92 Å². The summed E-state index contributed by atoms with van der Waals surface area (Å²) in [5.41, 5.74) is 0.519. The monoisotopic (exact) mass is 253 g/mol. The average molecular weight is 253 g/mol. The third kappa shape index (κ3) is 2.70. The molecule has 6 heteroatoms. The average Bonchev–Trinajstić information content (AvgIpc) is 2.74. The molecule has 0 spiro atoms. The SMILES string of the molecule is Cc1occc1C(=O)N1CCOC(CC(=O)O)C1. The molecule has 1 aromatic rings. The summed E-state index contributed by atoms with van der Waals surface area (Å²) < 4.78 is 10.4. The third-order valence-electron chi connectivity index (χ3n) is 2.92. The number of rotatable bonds is 3. The number of ether oxygens (including phenoxy) is 1. The number of amides is 1. The van der Waals surface area contributed by atoms with Crippen molar-refractivity contribution in [2.45, 2.75) is 19.4 Å². The number of aryl methyl sites for hydroxylation is 1. The summed E-state index contributed by atoms with van der Waals surface area (Å²) in [7, 11) is 0. The Hall–Kier alpha value is -1.82. The first-order chi connectivity index (χ1) is 8.58. The molecule has 2 heterocycles. The summed E-state index contributed by atoms with van der Waals surface area (Å²) >= 11 is 0. The summed E-state index contributed by atoms with van der Waals surface area (Å²) in [6.45, 7) is 2.86. The van der Waals surface area contributed by atoms with Crippen molar-refractivity contribution < 1.29 is 23.8 Å². The topological polar surface area (TPSA) is 80.0 Å². The Bertz CT molecular complexity index is 453. The van der Waals surface area contributed by atoms with Crippen LogP contribution in [0.25, 0.3) is 0 Å². The Balaban J connectivity index is 2.03. The van der Waals surface area contributed by atoms with E-state index in [-0.39, 0.29) is 12.3 Å². The van der Waals surface area contributed by atoms with Crippen LogP contribution in [0.3, 0.4) is 0 Å². The van der Waals surface area contributed by atoms with Gasteiger partial charge in [-0.1, -0.05) is 0 Å². The van der Waals surface area contributed by atoms with Crippen LogP contribution in [-0.4, -0.2) is 47.7 Å². The van der Waals surface area contributed by atoms with E-state index in [1.165, 1.54) is 6.26 Å². The van der Waals surface area contributed by atoms with E-state index in [1.54, 1.807) is 17.9 Å². The molecule has 0 radical (unpaired) electrons. The van der Waals surface area contributed by atoms with Crippen LogP contribution in [0.4, 0.5) is 0 Å². The Kier molecular flexibility index (Phi) is 3.66. The van der Waals surface area contributed by atoms with Gasteiger partial charge in [-0.25, -0.2) is 0 Å². The first-order valence-electron chi connectivity index (χ1n) is 5.74. The van der Waals surface area contributed by atoms with E-state index in [9.17, 15) is 9.59 Å². The van der Waals surface area contributed by atoms with Crippen molar-refractivity contribution in [1.82, 2.24) is 4.90 Å². The van der Waals surface area contributed by atoms with Crippen molar-refractivity contribution in [3.05, 3.63) is 23.7 Å². The zero-order valence-electron chi connectivity index (χ0n) is 10.1. The van der Waals surface area contributed by atoms with Gasteiger partial charge in [0.1, 0.15) is 5.76 Å². The number of hydrogen-bond acceptors (Lipinski definition) is 4. The van der Waals surface area contributed by atoms with Crippen LogP contribution >= 0.6 is 0 Å². The van der Waals surface area contributed by atoms with Gasteiger partial charge >= 0.3 is 5.97 Å². The largest absolute Gasteiger partial charge is 0.481 e.